The number of nitrogens with one attached hydrogen (secondary N) is 1. The first kappa shape index (κ1) is 17.0. The summed E-state index contributed by atoms with van der Waals surface area (Å²) in [7, 11) is 1.94. The van der Waals surface area contributed by atoms with Gasteiger partial charge in [0, 0.05) is 21.2 Å². The van der Waals surface area contributed by atoms with Gasteiger partial charge in [-0.1, -0.05) is 24.3 Å². The number of hydrogen-bond donors (Lipinski definition) is 1. The number of rotatable bonds is 6. The van der Waals surface area contributed by atoms with Crippen molar-refractivity contribution in [3.63, 3.8) is 0 Å². The molecule has 2 rings (SSSR count). The molecule has 1 nitrogen and oxygen atoms in total. The topological polar surface area (TPSA) is 12.0 Å². The van der Waals surface area contributed by atoms with Crippen molar-refractivity contribution in [3.05, 3.63) is 62.8 Å². The molecule has 0 aliphatic rings. The van der Waals surface area contributed by atoms with Crippen molar-refractivity contribution < 1.29 is 4.39 Å². The summed E-state index contributed by atoms with van der Waals surface area (Å²) in [6.07, 6.45) is 0.784. The number of halogens is 3. The molecule has 0 bridgehead atoms. The molecule has 21 heavy (non-hydrogen) atoms. The third kappa shape index (κ3) is 4.81. The van der Waals surface area contributed by atoms with Crippen molar-refractivity contribution in [1.29, 1.82) is 0 Å². The molecule has 0 amide bonds. The Morgan fingerprint density at radius 3 is 2.62 bits per heavy atom. The largest absolute Gasteiger partial charge is 0.316 e. The van der Waals surface area contributed by atoms with Crippen LogP contribution in [0, 0.1) is 5.82 Å². The maximum absolute atomic E-state index is 13.6. The average Bonchev–Trinajstić information content (AvgIpc) is 2.49. The molecule has 0 fully saturated rings. The van der Waals surface area contributed by atoms with Crippen molar-refractivity contribution in [2.45, 2.75) is 17.4 Å². The number of likely N-dealkylation sites (N-methyl/N-ethyl adjacent to an activating group) is 1. The monoisotopic (exact) mass is 431 g/mol. The Balaban J connectivity index is 2.01. The zero-order chi connectivity index (χ0) is 15.2. The highest BCUT2D eigenvalue weighted by Gasteiger charge is 2.13. The van der Waals surface area contributed by atoms with Gasteiger partial charge in [-0.25, -0.2) is 4.39 Å². The molecule has 2 aromatic rings. The number of thioether (sulfide) groups is 1. The molecule has 0 aliphatic heterocycles. The van der Waals surface area contributed by atoms with Crippen LogP contribution in [0.2, 0.25) is 0 Å². The van der Waals surface area contributed by atoms with Gasteiger partial charge in [0.05, 0.1) is 4.47 Å². The Bertz CT molecular complexity index is 607. The maximum atomic E-state index is 13.6. The second kappa shape index (κ2) is 8.32. The van der Waals surface area contributed by atoms with Crippen molar-refractivity contribution in [1.82, 2.24) is 5.32 Å². The van der Waals surface area contributed by atoms with Crippen LogP contribution in [-0.2, 0) is 6.42 Å². The van der Waals surface area contributed by atoms with E-state index in [-0.39, 0.29) is 11.9 Å². The molecule has 2 aromatic carbocycles. The molecule has 112 valence electrons. The minimum atomic E-state index is -0.208. The second-order valence-electron chi connectivity index (χ2n) is 4.64. The van der Waals surface area contributed by atoms with E-state index in [0.717, 1.165) is 22.2 Å². The van der Waals surface area contributed by atoms with Crippen LogP contribution in [0.25, 0.3) is 0 Å². The third-order valence-corrected chi connectivity index (χ3v) is 6.26. The van der Waals surface area contributed by atoms with Crippen LogP contribution in [0.4, 0.5) is 4.39 Å². The van der Waals surface area contributed by atoms with E-state index in [2.05, 4.69) is 43.2 Å². The Labute approximate surface area is 146 Å². The fourth-order valence-electron chi connectivity index (χ4n) is 1.97. The van der Waals surface area contributed by atoms with Crippen molar-refractivity contribution in [2.24, 2.45) is 0 Å². The lowest BCUT2D eigenvalue weighted by Gasteiger charge is -2.17. The van der Waals surface area contributed by atoms with E-state index in [4.69, 9.17) is 0 Å². The van der Waals surface area contributed by atoms with Crippen LogP contribution in [0.1, 0.15) is 5.56 Å². The van der Waals surface area contributed by atoms with Crippen LogP contribution < -0.4 is 5.32 Å². The highest BCUT2D eigenvalue weighted by molar-refractivity contribution is 9.10. The minimum absolute atomic E-state index is 0.208. The normalized spacial score (nSPS) is 12.4. The van der Waals surface area contributed by atoms with Crippen LogP contribution in [-0.4, -0.2) is 18.8 Å². The Kier molecular flexibility index (Phi) is 6.74. The lowest BCUT2D eigenvalue weighted by Crippen LogP contribution is -2.30. The number of hydrogen-bond acceptors (Lipinski definition) is 2. The van der Waals surface area contributed by atoms with Gasteiger partial charge in [-0.15, -0.1) is 11.8 Å². The average molecular weight is 433 g/mol. The molecule has 0 saturated heterocycles. The summed E-state index contributed by atoms with van der Waals surface area (Å²) in [6.45, 7) is 0. The first-order valence-corrected chi connectivity index (χ1v) is 9.16. The van der Waals surface area contributed by atoms with E-state index < -0.39 is 0 Å². The summed E-state index contributed by atoms with van der Waals surface area (Å²) in [5, 5.41) is 3.31. The lowest BCUT2D eigenvalue weighted by molar-refractivity contribution is 0.597. The Morgan fingerprint density at radius 2 is 1.90 bits per heavy atom. The predicted octanol–water partition coefficient (Wildman–Crippen LogP) is 5.27. The van der Waals surface area contributed by atoms with Crippen LogP contribution in [0.3, 0.4) is 0 Å². The molecule has 0 heterocycles. The first-order chi connectivity index (χ1) is 10.1. The van der Waals surface area contributed by atoms with Gasteiger partial charge >= 0.3 is 0 Å². The van der Waals surface area contributed by atoms with E-state index >= 15 is 0 Å². The van der Waals surface area contributed by atoms with Crippen LogP contribution >= 0.6 is 43.6 Å². The highest BCUT2D eigenvalue weighted by Crippen LogP contribution is 2.28. The van der Waals surface area contributed by atoms with Gasteiger partial charge in [0.2, 0.25) is 0 Å². The summed E-state index contributed by atoms with van der Waals surface area (Å²) >= 11 is 8.68. The second-order valence-corrected chi connectivity index (χ2v) is 7.35. The molecule has 1 unspecified atom stereocenters. The van der Waals surface area contributed by atoms with Crippen molar-refractivity contribution in [3.8, 4) is 0 Å². The molecule has 0 radical (unpaired) electrons. The van der Waals surface area contributed by atoms with Gasteiger partial charge in [0.1, 0.15) is 5.82 Å². The lowest BCUT2D eigenvalue weighted by atomic mass is 10.1. The number of benzene rings is 2. The van der Waals surface area contributed by atoms with Crippen molar-refractivity contribution in [2.75, 3.05) is 12.8 Å². The van der Waals surface area contributed by atoms with Gasteiger partial charge in [-0.05, 0) is 69.1 Å². The standard InChI is InChI=1S/C16H16Br2FNS/c1-20-12(9-11-5-4-7-14(19)16(11)18)10-21-15-8-3-2-6-13(15)17/h2-8,12,20H,9-10H2,1H3. The fraction of sp³-hybridized carbons (Fsp3) is 0.250. The Hall–Kier alpha value is -0.360. The summed E-state index contributed by atoms with van der Waals surface area (Å²) in [6, 6.07) is 13.6. The molecule has 5 heteroatoms. The zero-order valence-corrected chi connectivity index (χ0v) is 15.6. The highest BCUT2D eigenvalue weighted by atomic mass is 79.9. The fourth-order valence-corrected chi connectivity index (χ4v) is 4.07. The van der Waals surface area contributed by atoms with Gasteiger partial charge in [0.25, 0.3) is 0 Å². The summed E-state index contributed by atoms with van der Waals surface area (Å²) in [4.78, 5) is 1.22. The van der Waals surface area contributed by atoms with Gasteiger partial charge in [0.15, 0.2) is 0 Å². The summed E-state index contributed by atoms with van der Waals surface area (Å²) in [5.74, 6) is 0.711. The van der Waals surface area contributed by atoms with E-state index in [1.165, 1.54) is 11.0 Å². The smallest absolute Gasteiger partial charge is 0.137 e. The van der Waals surface area contributed by atoms with Gasteiger partial charge < -0.3 is 5.32 Å². The van der Waals surface area contributed by atoms with E-state index in [0.29, 0.717) is 4.47 Å². The molecule has 1 N–H and O–H groups in total. The zero-order valence-electron chi connectivity index (χ0n) is 11.6. The van der Waals surface area contributed by atoms with E-state index in [1.54, 1.807) is 17.8 Å². The molecule has 0 saturated carbocycles. The first-order valence-electron chi connectivity index (χ1n) is 6.59. The van der Waals surface area contributed by atoms with Gasteiger partial charge in [-0.2, -0.15) is 0 Å². The molecule has 1 atom stereocenters. The predicted molar refractivity (Wildman–Crippen MR) is 95.5 cm³/mol. The SMILES string of the molecule is CNC(CSc1ccccc1Br)Cc1cccc(F)c1Br. The van der Waals surface area contributed by atoms with E-state index in [1.807, 2.05) is 31.3 Å². The molecule has 0 aliphatic carbocycles. The molecule has 0 aromatic heterocycles. The third-order valence-electron chi connectivity index (χ3n) is 3.18. The minimum Gasteiger partial charge on any atom is -0.316 e. The summed E-state index contributed by atoms with van der Waals surface area (Å²) < 4.78 is 15.2. The van der Waals surface area contributed by atoms with Gasteiger partial charge in [-0.3, -0.25) is 0 Å². The maximum Gasteiger partial charge on any atom is 0.137 e. The van der Waals surface area contributed by atoms with E-state index in [9.17, 15) is 4.39 Å². The van der Waals surface area contributed by atoms with Crippen molar-refractivity contribution >= 4 is 43.6 Å². The molecular weight excluding hydrogens is 417 g/mol. The van der Waals surface area contributed by atoms with Crippen LogP contribution in [0.5, 0.6) is 0 Å². The van der Waals surface area contributed by atoms with Crippen LogP contribution in [0.15, 0.2) is 56.3 Å². The molecular formula is C16H16Br2FNS. The summed E-state index contributed by atoms with van der Waals surface area (Å²) in [5.41, 5.74) is 0.988. The quantitative estimate of drug-likeness (QED) is 0.623. The Morgan fingerprint density at radius 1 is 1.14 bits per heavy atom. The molecule has 0 spiro atoms.